The number of ether oxygens (including phenoxy) is 1. The van der Waals surface area contributed by atoms with E-state index in [0.717, 1.165) is 22.8 Å². The Morgan fingerprint density at radius 2 is 2.20 bits per heavy atom. The van der Waals surface area contributed by atoms with E-state index in [4.69, 9.17) is 4.74 Å². The lowest BCUT2D eigenvalue weighted by Crippen LogP contribution is -2.01. The molecular formula is C15H15FO2S2. The molecule has 1 atom stereocenters. The number of hydrogen-bond acceptors (Lipinski definition) is 4. The molecule has 1 aliphatic rings. The summed E-state index contributed by atoms with van der Waals surface area (Å²) in [6.45, 7) is 0. The number of fused-ring (bicyclic) bond motifs is 1. The zero-order valence-electron chi connectivity index (χ0n) is 11.1. The number of hydrogen-bond donors (Lipinski definition) is 1. The van der Waals surface area contributed by atoms with Gasteiger partial charge in [-0.25, -0.2) is 4.39 Å². The Morgan fingerprint density at radius 3 is 2.95 bits per heavy atom. The topological polar surface area (TPSA) is 29.5 Å². The zero-order valence-corrected chi connectivity index (χ0v) is 12.7. The van der Waals surface area contributed by atoms with Gasteiger partial charge in [0.2, 0.25) is 0 Å². The Balaban J connectivity index is 1.97. The third kappa shape index (κ3) is 2.57. The summed E-state index contributed by atoms with van der Waals surface area (Å²) in [6, 6.07) is 6.28. The van der Waals surface area contributed by atoms with Crippen LogP contribution < -0.4 is 4.74 Å². The highest BCUT2D eigenvalue weighted by Gasteiger charge is 2.21. The molecule has 1 aliphatic heterocycles. The highest BCUT2D eigenvalue weighted by atomic mass is 32.2. The minimum atomic E-state index is -0.832. The Labute approximate surface area is 125 Å². The third-order valence-electron chi connectivity index (χ3n) is 3.40. The number of benzene rings is 1. The molecule has 0 spiro atoms. The SMILES string of the molecule is COc1ccc(F)cc1C(O)c1cc2c(s1)CCSC2. The van der Waals surface area contributed by atoms with Gasteiger partial charge in [0.05, 0.1) is 7.11 Å². The first-order valence-corrected chi connectivity index (χ1v) is 8.37. The molecule has 0 radical (unpaired) electrons. The highest BCUT2D eigenvalue weighted by Crippen LogP contribution is 2.38. The van der Waals surface area contributed by atoms with E-state index < -0.39 is 6.10 Å². The molecule has 3 rings (SSSR count). The normalized spacial score (nSPS) is 15.8. The first-order valence-electron chi connectivity index (χ1n) is 6.39. The van der Waals surface area contributed by atoms with Gasteiger partial charge in [-0.3, -0.25) is 0 Å². The summed E-state index contributed by atoms with van der Waals surface area (Å²) in [5.41, 5.74) is 1.79. The summed E-state index contributed by atoms with van der Waals surface area (Å²) in [4.78, 5) is 2.20. The van der Waals surface area contributed by atoms with Gasteiger partial charge in [0.15, 0.2) is 0 Å². The fourth-order valence-corrected chi connectivity index (χ4v) is 4.76. The van der Waals surface area contributed by atoms with Gasteiger partial charge in [-0.05, 0) is 42.0 Å². The standard InChI is InChI=1S/C15H15FO2S2/c1-18-12-3-2-10(16)7-11(12)15(17)14-6-9-8-19-5-4-13(9)20-14/h2-3,6-7,15,17H,4-5,8H2,1H3. The van der Waals surface area contributed by atoms with Gasteiger partial charge in [-0.1, -0.05) is 0 Å². The summed E-state index contributed by atoms with van der Waals surface area (Å²) in [5, 5.41) is 10.5. The summed E-state index contributed by atoms with van der Waals surface area (Å²) < 4.78 is 18.6. The number of aliphatic hydroxyl groups is 1. The molecule has 1 unspecified atom stereocenters. The van der Waals surface area contributed by atoms with Crippen molar-refractivity contribution < 1.29 is 14.2 Å². The molecule has 1 N–H and O–H groups in total. The average Bonchev–Trinajstić information content (AvgIpc) is 2.90. The van der Waals surface area contributed by atoms with E-state index in [9.17, 15) is 9.50 Å². The summed E-state index contributed by atoms with van der Waals surface area (Å²) >= 11 is 3.53. The maximum absolute atomic E-state index is 13.4. The van der Waals surface area contributed by atoms with Gasteiger partial charge in [-0.2, -0.15) is 11.8 Å². The quantitative estimate of drug-likeness (QED) is 0.936. The average molecular weight is 310 g/mol. The van der Waals surface area contributed by atoms with Crippen LogP contribution in [0.25, 0.3) is 0 Å². The molecule has 0 bridgehead atoms. The Morgan fingerprint density at radius 1 is 1.35 bits per heavy atom. The van der Waals surface area contributed by atoms with Crippen molar-refractivity contribution in [3.05, 3.63) is 51.0 Å². The van der Waals surface area contributed by atoms with Crippen molar-refractivity contribution in [2.45, 2.75) is 18.3 Å². The molecule has 5 heteroatoms. The number of thiophene rings is 1. The molecule has 2 aromatic rings. The predicted molar refractivity (Wildman–Crippen MR) is 81.2 cm³/mol. The number of aliphatic hydroxyl groups excluding tert-OH is 1. The summed E-state index contributed by atoms with van der Waals surface area (Å²) in [7, 11) is 1.53. The van der Waals surface area contributed by atoms with Crippen LogP contribution in [0.3, 0.4) is 0 Å². The lowest BCUT2D eigenvalue weighted by atomic mass is 10.1. The van der Waals surface area contributed by atoms with Crippen molar-refractivity contribution in [3.63, 3.8) is 0 Å². The second-order valence-electron chi connectivity index (χ2n) is 4.69. The number of rotatable bonds is 3. The van der Waals surface area contributed by atoms with Crippen molar-refractivity contribution >= 4 is 23.1 Å². The van der Waals surface area contributed by atoms with Crippen LogP contribution in [0.5, 0.6) is 5.75 Å². The molecule has 0 saturated carbocycles. The van der Waals surface area contributed by atoms with E-state index in [0.29, 0.717) is 11.3 Å². The highest BCUT2D eigenvalue weighted by molar-refractivity contribution is 7.98. The van der Waals surface area contributed by atoms with E-state index in [-0.39, 0.29) is 5.82 Å². The van der Waals surface area contributed by atoms with E-state index in [2.05, 4.69) is 0 Å². The molecule has 20 heavy (non-hydrogen) atoms. The number of thioether (sulfide) groups is 1. The monoisotopic (exact) mass is 310 g/mol. The Bertz CT molecular complexity index is 601. The number of halogens is 1. The van der Waals surface area contributed by atoms with E-state index in [1.54, 1.807) is 17.4 Å². The lowest BCUT2D eigenvalue weighted by molar-refractivity contribution is 0.218. The first kappa shape index (κ1) is 13.9. The maximum Gasteiger partial charge on any atom is 0.125 e. The van der Waals surface area contributed by atoms with E-state index in [1.807, 2.05) is 17.8 Å². The largest absolute Gasteiger partial charge is 0.496 e. The van der Waals surface area contributed by atoms with E-state index in [1.165, 1.54) is 29.7 Å². The molecule has 1 aromatic heterocycles. The smallest absolute Gasteiger partial charge is 0.125 e. The lowest BCUT2D eigenvalue weighted by Gasteiger charge is -2.13. The van der Waals surface area contributed by atoms with Crippen LogP contribution in [0, 0.1) is 5.82 Å². The van der Waals surface area contributed by atoms with Crippen molar-refractivity contribution in [2.75, 3.05) is 12.9 Å². The van der Waals surface area contributed by atoms with Gasteiger partial charge >= 0.3 is 0 Å². The van der Waals surface area contributed by atoms with Crippen molar-refractivity contribution in [2.24, 2.45) is 0 Å². The molecule has 2 heterocycles. The van der Waals surface area contributed by atoms with Crippen molar-refractivity contribution in [1.29, 1.82) is 0 Å². The van der Waals surface area contributed by atoms with Gasteiger partial charge in [0.1, 0.15) is 17.7 Å². The first-order chi connectivity index (χ1) is 9.69. The second kappa shape index (κ2) is 5.76. The van der Waals surface area contributed by atoms with Crippen molar-refractivity contribution in [3.8, 4) is 5.75 Å². The number of methoxy groups -OCH3 is 1. The van der Waals surface area contributed by atoms with Crippen LogP contribution >= 0.6 is 23.1 Å². The van der Waals surface area contributed by atoms with Gasteiger partial charge < -0.3 is 9.84 Å². The maximum atomic E-state index is 13.4. The Hall–Kier alpha value is -1.04. The van der Waals surface area contributed by atoms with Crippen LogP contribution in [0.2, 0.25) is 0 Å². The summed E-state index contributed by atoms with van der Waals surface area (Å²) in [5.74, 6) is 2.28. The van der Waals surface area contributed by atoms with Gasteiger partial charge in [0.25, 0.3) is 0 Å². The van der Waals surface area contributed by atoms with Crippen molar-refractivity contribution in [1.82, 2.24) is 0 Å². The van der Waals surface area contributed by atoms with Crippen LogP contribution in [-0.4, -0.2) is 18.0 Å². The Kier molecular flexibility index (Phi) is 4.01. The minimum absolute atomic E-state index is 0.364. The van der Waals surface area contributed by atoms with Crippen LogP contribution in [-0.2, 0) is 12.2 Å². The molecule has 0 saturated heterocycles. The van der Waals surface area contributed by atoms with Gasteiger partial charge in [0, 0.05) is 21.1 Å². The van der Waals surface area contributed by atoms with Crippen LogP contribution in [0.4, 0.5) is 4.39 Å². The molecule has 2 nitrogen and oxygen atoms in total. The molecule has 0 amide bonds. The van der Waals surface area contributed by atoms with Crippen LogP contribution in [0.15, 0.2) is 24.3 Å². The molecule has 0 aliphatic carbocycles. The minimum Gasteiger partial charge on any atom is -0.496 e. The van der Waals surface area contributed by atoms with E-state index >= 15 is 0 Å². The third-order valence-corrected chi connectivity index (χ3v) is 5.70. The van der Waals surface area contributed by atoms with Gasteiger partial charge in [-0.15, -0.1) is 11.3 Å². The second-order valence-corrected chi connectivity index (χ2v) is 6.96. The molecular weight excluding hydrogens is 295 g/mol. The fourth-order valence-electron chi connectivity index (χ4n) is 2.38. The summed E-state index contributed by atoms with van der Waals surface area (Å²) in [6.07, 6.45) is 0.221. The predicted octanol–water partition coefficient (Wildman–Crippen LogP) is 3.77. The fraction of sp³-hybridized carbons (Fsp3) is 0.333. The van der Waals surface area contributed by atoms with Crippen LogP contribution in [0.1, 0.15) is 27.0 Å². The molecule has 106 valence electrons. The zero-order chi connectivity index (χ0) is 14.1. The number of aryl methyl sites for hydroxylation is 1. The molecule has 0 fully saturated rings. The molecule has 1 aromatic carbocycles.